The summed E-state index contributed by atoms with van der Waals surface area (Å²) in [4.78, 5) is 13.2. The van der Waals surface area contributed by atoms with E-state index in [1.165, 1.54) is 0 Å². The highest BCUT2D eigenvalue weighted by Gasteiger charge is 2.26. The number of amides is 1. The predicted octanol–water partition coefficient (Wildman–Crippen LogP) is 1.51. The van der Waals surface area contributed by atoms with E-state index in [1.54, 1.807) is 11.9 Å². The van der Waals surface area contributed by atoms with Gasteiger partial charge in [-0.3, -0.25) is 4.79 Å². The van der Waals surface area contributed by atoms with E-state index >= 15 is 0 Å². The largest absolute Gasteiger partial charge is 0.332 e. The number of terminal acetylenes is 1. The van der Waals surface area contributed by atoms with Gasteiger partial charge in [-0.05, 0) is 6.92 Å². The third kappa shape index (κ3) is 2.58. The Bertz CT molecular complexity index is 207. The molecule has 2 nitrogen and oxygen atoms in total. The van der Waals surface area contributed by atoms with Gasteiger partial charge in [0, 0.05) is 12.5 Å². The Morgan fingerprint density at radius 2 is 1.92 bits per heavy atom. The van der Waals surface area contributed by atoms with Crippen molar-refractivity contribution < 1.29 is 4.79 Å². The van der Waals surface area contributed by atoms with Gasteiger partial charge >= 0.3 is 0 Å². The summed E-state index contributed by atoms with van der Waals surface area (Å²) < 4.78 is 0. The van der Waals surface area contributed by atoms with E-state index in [0.29, 0.717) is 0 Å². The van der Waals surface area contributed by atoms with Crippen LogP contribution in [0.15, 0.2) is 0 Å². The maximum atomic E-state index is 11.6. The maximum Gasteiger partial charge on any atom is 0.228 e. The number of hydrogen-bond donors (Lipinski definition) is 0. The van der Waals surface area contributed by atoms with Crippen LogP contribution in [0.5, 0.6) is 0 Å². The van der Waals surface area contributed by atoms with Gasteiger partial charge in [0.15, 0.2) is 0 Å². The molecular formula is C10H17NO. The van der Waals surface area contributed by atoms with E-state index < -0.39 is 0 Å². The van der Waals surface area contributed by atoms with Crippen molar-refractivity contribution in [2.75, 3.05) is 7.05 Å². The summed E-state index contributed by atoms with van der Waals surface area (Å²) in [6.45, 7) is 7.49. The fourth-order valence-electron chi connectivity index (χ4n) is 0.817. The minimum atomic E-state index is -0.347. The molecule has 0 saturated carbocycles. The van der Waals surface area contributed by atoms with Crippen molar-refractivity contribution in [3.63, 3.8) is 0 Å². The first-order chi connectivity index (χ1) is 5.30. The number of carbonyl (C=O) groups is 1. The van der Waals surface area contributed by atoms with Crippen LogP contribution in [-0.4, -0.2) is 23.9 Å². The zero-order valence-corrected chi connectivity index (χ0v) is 8.51. The molecule has 0 aromatic carbocycles. The highest BCUT2D eigenvalue weighted by Crippen LogP contribution is 2.17. The van der Waals surface area contributed by atoms with E-state index in [-0.39, 0.29) is 17.4 Å². The average molecular weight is 167 g/mol. The van der Waals surface area contributed by atoms with Crippen molar-refractivity contribution in [2.24, 2.45) is 5.41 Å². The third-order valence-corrected chi connectivity index (χ3v) is 1.78. The molecule has 0 radical (unpaired) electrons. The Morgan fingerprint density at radius 1 is 1.50 bits per heavy atom. The second-order valence-corrected chi connectivity index (χ2v) is 4.01. The van der Waals surface area contributed by atoms with E-state index in [1.807, 2.05) is 27.7 Å². The van der Waals surface area contributed by atoms with Gasteiger partial charge in [-0.15, -0.1) is 6.42 Å². The van der Waals surface area contributed by atoms with Crippen LogP contribution in [0.2, 0.25) is 0 Å². The molecule has 0 aromatic rings. The average Bonchev–Trinajstić information content (AvgIpc) is 1.98. The Morgan fingerprint density at radius 3 is 2.17 bits per heavy atom. The van der Waals surface area contributed by atoms with Crippen LogP contribution in [0.3, 0.4) is 0 Å². The van der Waals surface area contributed by atoms with Crippen LogP contribution >= 0.6 is 0 Å². The van der Waals surface area contributed by atoms with E-state index in [4.69, 9.17) is 6.42 Å². The van der Waals surface area contributed by atoms with Gasteiger partial charge < -0.3 is 4.90 Å². The minimum Gasteiger partial charge on any atom is -0.332 e. The molecule has 1 amide bonds. The molecule has 0 aliphatic rings. The van der Waals surface area contributed by atoms with Crippen LogP contribution in [0.1, 0.15) is 27.7 Å². The summed E-state index contributed by atoms with van der Waals surface area (Å²) in [7, 11) is 1.73. The zero-order valence-electron chi connectivity index (χ0n) is 8.51. The molecule has 0 spiro atoms. The van der Waals surface area contributed by atoms with Gasteiger partial charge in [0.25, 0.3) is 0 Å². The van der Waals surface area contributed by atoms with Crippen LogP contribution in [-0.2, 0) is 4.79 Å². The smallest absolute Gasteiger partial charge is 0.228 e. The first-order valence-corrected chi connectivity index (χ1v) is 4.04. The van der Waals surface area contributed by atoms with Crippen LogP contribution in [0.25, 0.3) is 0 Å². The molecule has 0 N–H and O–H groups in total. The first kappa shape index (κ1) is 11.0. The second-order valence-electron chi connectivity index (χ2n) is 4.01. The molecule has 68 valence electrons. The lowest BCUT2D eigenvalue weighted by Gasteiger charge is -2.28. The van der Waals surface area contributed by atoms with Crippen molar-refractivity contribution in [2.45, 2.75) is 33.7 Å². The molecule has 1 atom stereocenters. The molecule has 0 fully saturated rings. The summed E-state index contributed by atoms with van der Waals surface area (Å²) in [5.74, 6) is 2.60. The third-order valence-electron chi connectivity index (χ3n) is 1.78. The zero-order chi connectivity index (χ0) is 9.94. The van der Waals surface area contributed by atoms with Gasteiger partial charge in [-0.2, -0.15) is 0 Å². The first-order valence-electron chi connectivity index (χ1n) is 4.04. The number of hydrogen-bond acceptors (Lipinski definition) is 1. The number of nitrogens with zero attached hydrogens (tertiary/aromatic N) is 1. The van der Waals surface area contributed by atoms with Crippen LogP contribution in [0, 0.1) is 17.8 Å². The molecule has 0 aliphatic carbocycles. The Labute approximate surface area is 74.9 Å². The molecule has 0 bridgehead atoms. The number of rotatable bonds is 1. The summed E-state index contributed by atoms with van der Waals surface area (Å²) in [6, 6.07) is -0.128. The van der Waals surface area contributed by atoms with E-state index in [0.717, 1.165) is 0 Å². The quantitative estimate of drug-likeness (QED) is 0.542. The lowest BCUT2D eigenvalue weighted by atomic mass is 9.94. The molecular weight excluding hydrogens is 150 g/mol. The molecule has 1 unspecified atom stereocenters. The Kier molecular flexibility index (Phi) is 3.33. The standard InChI is InChI=1S/C10H17NO/c1-7-8(2)11(6)9(12)10(3,4)5/h1,8H,2-6H3. The lowest BCUT2D eigenvalue weighted by molar-refractivity contribution is -0.138. The summed E-state index contributed by atoms with van der Waals surface area (Å²) >= 11 is 0. The van der Waals surface area contributed by atoms with Crippen molar-refractivity contribution in [1.82, 2.24) is 4.90 Å². The predicted molar refractivity (Wildman–Crippen MR) is 50.5 cm³/mol. The van der Waals surface area contributed by atoms with Gasteiger partial charge in [-0.1, -0.05) is 26.7 Å². The molecule has 0 rings (SSSR count). The Balaban J connectivity index is 4.43. The van der Waals surface area contributed by atoms with Gasteiger partial charge in [0.1, 0.15) is 0 Å². The van der Waals surface area contributed by atoms with Crippen LogP contribution < -0.4 is 0 Å². The van der Waals surface area contributed by atoms with Gasteiger partial charge in [-0.25, -0.2) is 0 Å². The highest BCUT2D eigenvalue weighted by molar-refractivity contribution is 5.81. The molecule has 0 aromatic heterocycles. The van der Waals surface area contributed by atoms with Crippen LogP contribution in [0.4, 0.5) is 0 Å². The van der Waals surface area contributed by atoms with Crippen molar-refractivity contribution in [3.05, 3.63) is 0 Å². The van der Waals surface area contributed by atoms with Gasteiger partial charge in [0.05, 0.1) is 6.04 Å². The summed E-state index contributed by atoms with van der Waals surface area (Å²) in [6.07, 6.45) is 5.21. The fraction of sp³-hybridized carbons (Fsp3) is 0.700. The summed E-state index contributed by atoms with van der Waals surface area (Å²) in [5, 5.41) is 0. The van der Waals surface area contributed by atoms with Crippen molar-refractivity contribution in [3.8, 4) is 12.3 Å². The van der Waals surface area contributed by atoms with Gasteiger partial charge in [0.2, 0.25) is 5.91 Å². The molecule has 2 heteroatoms. The topological polar surface area (TPSA) is 20.3 Å². The minimum absolute atomic E-state index is 0.0768. The molecule has 0 saturated heterocycles. The highest BCUT2D eigenvalue weighted by atomic mass is 16.2. The summed E-state index contributed by atoms with van der Waals surface area (Å²) in [5.41, 5.74) is -0.347. The SMILES string of the molecule is C#CC(C)N(C)C(=O)C(C)(C)C. The monoisotopic (exact) mass is 167 g/mol. The fourth-order valence-corrected chi connectivity index (χ4v) is 0.817. The van der Waals surface area contributed by atoms with Crippen molar-refractivity contribution >= 4 is 5.91 Å². The lowest BCUT2D eigenvalue weighted by Crippen LogP contribution is -2.41. The second kappa shape index (κ2) is 3.62. The van der Waals surface area contributed by atoms with E-state index in [2.05, 4.69) is 5.92 Å². The Hall–Kier alpha value is -0.970. The number of carbonyl (C=O) groups excluding carboxylic acids is 1. The molecule has 0 heterocycles. The molecule has 12 heavy (non-hydrogen) atoms. The van der Waals surface area contributed by atoms with Crippen molar-refractivity contribution in [1.29, 1.82) is 0 Å². The maximum absolute atomic E-state index is 11.6. The normalized spacial score (nSPS) is 13.3. The van der Waals surface area contributed by atoms with E-state index in [9.17, 15) is 4.79 Å². The molecule has 0 aliphatic heterocycles.